The van der Waals surface area contributed by atoms with E-state index in [1.807, 2.05) is 18.2 Å². The van der Waals surface area contributed by atoms with E-state index in [9.17, 15) is 9.59 Å². The maximum absolute atomic E-state index is 13.0. The van der Waals surface area contributed by atoms with Crippen LogP contribution in [0.4, 0.5) is 10.5 Å². The maximum Gasteiger partial charge on any atom is 0.334 e. The van der Waals surface area contributed by atoms with Gasteiger partial charge >= 0.3 is 11.7 Å². The van der Waals surface area contributed by atoms with Crippen molar-refractivity contribution < 1.29 is 19.0 Å². The van der Waals surface area contributed by atoms with Crippen LogP contribution in [0.2, 0.25) is 0 Å². The minimum Gasteiger partial charge on any atom is -0.493 e. The number of anilines is 1. The number of H-pyrrole nitrogens is 1. The Bertz CT molecular complexity index is 1120. The summed E-state index contributed by atoms with van der Waals surface area (Å²) in [4.78, 5) is 30.7. The Kier molecular flexibility index (Phi) is 7.42. The molecule has 1 aromatic heterocycles. The van der Waals surface area contributed by atoms with Gasteiger partial charge in [-0.25, -0.2) is 14.2 Å². The molecule has 0 saturated heterocycles. The van der Waals surface area contributed by atoms with E-state index >= 15 is 0 Å². The highest BCUT2D eigenvalue weighted by Gasteiger charge is 2.18. The van der Waals surface area contributed by atoms with Crippen LogP contribution >= 0.6 is 0 Å². The first kappa shape index (κ1) is 23.2. The second-order valence-electron chi connectivity index (χ2n) is 7.24. The molecule has 1 amide bonds. The first-order valence-electron chi connectivity index (χ1n) is 10.5. The highest BCUT2D eigenvalue weighted by Crippen LogP contribution is 2.40. The van der Waals surface area contributed by atoms with Crippen molar-refractivity contribution >= 4 is 22.8 Å². The molecule has 0 saturated carbocycles. The Labute approximate surface area is 186 Å². The number of aromatic nitrogens is 2. The number of aromatic amines is 1. The minimum absolute atomic E-state index is 0.395. The van der Waals surface area contributed by atoms with Crippen LogP contribution in [0.5, 0.6) is 17.2 Å². The van der Waals surface area contributed by atoms with Crippen molar-refractivity contribution in [3.8, 4) is 17.2 Å². The lowest BCUT2D eigenvalue weighted by Crippen LogP contribution is -2.29. The molecule has 1 heterocycles. The predicted molar refractivity (Wildman–Crippen MR) is 125 cm³/mol. The SMILES string of the molecule is CCN(CC)CCc1ccc2[nH]c(=O)n(C(=O)Nc3cc(OC)c(OC)c(OC)c3)c2c1. The number of rotatable bonds is 9. The van der Waals surface area contributed by atoms with E-state index in [1.165, 1.54) is 21.3 Å². The number of amides is 1. The van der Waals surface area contributed by atoms with Gasteiger partial charge in [0.1, 0.15) is 0 Å². The summed E-state index contributed by atoms with van der Waals surface area (Å²) in [7, 11) is 4.49. The first-order valence-corrected chi connectivity index (χ1v) is 10.5. The quantitative estimate of drug-likeness (QED) is 0.528. The van der Waals surface area contributed by atoms with Gasteiger partial charge in [-0.2, -0.15) is 0 Å². The molecule has 32 heavy (non-hydrogen) atoms. The van der Waals surface area contributed by atoms with Crippen LogP contribution in [0.15, 0.2) is 35.1 Å². The topological polar surface area (TPSA) is 97.8 Å². The van der Waals surface area contributed by atoms with Crippen LogP contribution in [-0.2, 0) is 6.42 Å². The number of imidazole rings is 1. The highest BCUT2D eigenvalue weighted by atomic mass is 16.5. The normalized spacial score (nSPS) is 11.1. The monoisotopic (exact) mass is 442 g/mol. The van der Waals surface area contributed by atoms with Gasteiger partial charge in [0, 0.05) is 18.7 Å². The number of ether oxygens (including phenoxy) is 3. The number of carbonyl (C=O) groups is 1. The van der Waals surface area contributed by atoms with Gasteiger partial charge in [0.05, 0.1) is 38.1 Å². The summed E-state index contributed by atoms with van der Waals surface area (Å²) in [6.07, 6.45) is 0.825. The molecule has 0 fully saturated rings. The van der Waals surface area contributed by atoms with Crippen molar-refractivity contribution in [2.24, 2.45) is 0 Å². The largest absolute Gasteiger partial charge is 0.493 e. The van der Waals surface area contributed by atoms with Crippen LogP contribution < -0.4 is 25.2 Å². The van der Waals surface area contributed by atoms with Gasteiger partial charge in [-0.15, -0.1) is 0 Å². The number of benzene rings is 2. The molecule has 0 aliphatic heterocycles. The number of nitrogens with one attached hydrogen (secondary N) is 2. The van der Waals surface area contributed by atoms with Gasteiger partial charge in [-0.1, -0.05) is 19.9 Å². The molecule has 9 heteroatoms. The average Bonchev–Trinajstić information content (AvgIpc) is 3.13. The van der Waals surface area contributed by atoms with E-state index < -0.39 is 11.7 Å². The lowest BCUT2D eigenvalue weighted by molar-refractivity contribution is 0.253. The Hall–Kier alpha value is -3.46. The van der Waals surface area contributed by atoms with Crippen molar-refractivity contribution in [2.75, 3.05) is 46.3 Å². The minimum atomic E-state index is -0.587. The Balaban J connectivity index is 1.92. The number of hydrogen-bond donors (Lipinski definition) is 2. The lowest BCUT2D eigenvalue weighted by atomic mass is 10.1. The van der Waals surface area contributed by atoms with E-state index in [-0.39, 0.29) is 0 Å². The van der Waals surface area contributed by atoms with Gasteiger partial charge in [0.2, 0.25) is 5.75 Å². The summed E-state index contributed by atoms with van der Waals surface area (Å²) in [6.45, 7) is 7.12. The average molecular weight is 443 g/mol. The zero-order chi connectivity index (χ0) is 23.3. The molecular weight excluding hydrogens is 412 g/mol. The van der Waals surface area contributed by atoms with E-state index in [2.05, 4.69) is 29.0 Å². The summed E-state index contributed by atoms with van der Waals surface area (Å²) in [6, 6.07) is 8.31. The zero-order valence-corrected chi connectivity index (χ0v) is 19.2. The standard InChI is InChI=1S/C23H30N4O5/c1-6-26(7-2)11-10-15-8-9-17-18(12-15)27(23(29)25-17)22(28)24-16-13-19(30-3)21(32-5)20(14-16)31-4/h8-9,12-14H,6-7,10-11H2,1-5H3,(H,24,28)(H,25,29). The van der Waals surface area contributed by atoms with Crippen molar-refractivity contribution in [3.63, 3.8) is 0 Å². The van der Waals surface area contributed by atoms with Crippen LogP contribution in [0, 0.1) is 0 Å². The molecular formula is C23H30N4O5. The van der Waals surface area contributed by atoms with Gasteiger partial charge in [-0.05, 0) is 37.2 Å². The Morgan fingerprint density at radius 1 is 1.03 bits per heavy atom. The van der Waals surface area contributed by atoms with Gasteiger partial charge in [-0.3, -0.25) is 0 Å². The molecule has 0 bridgehead atoms. The van der Waals surface area contributed by atoms with Gasteiger partial charge in [0.15, 0.2) is 11.5 Å². The Morgan fingerprint density at radius 3 is 2.25 bits per heavy atom. The summed E-state index contributed by atoms with van der Waals surface area (Å²) in [5, 5.41) is 2.75. The van der Waals surface area contributed by atoms with Crippen LogP contribution in [0.25, 0.3) is 11.0 Å². The number of carbonyl (C=O) groups excluding carboxylic acids is 1. The molecule has 3 rings (SSSR count). The molecule has 9 nitrogen and oxygen atoms in total. The summed E-state index contributed by atoms with van der Waals surface area (Å²) >= 11 is 0. The predicted octanol–water partition coefficient (Wildman–Crippen LogP) is 3.32. The lowest BCUT2D eigenvalue weighted by Gasteiger charge is -2.17. The van der Waals surface area contributed by atoms with Crippen LogP contribution in [0.1, 0.15) is 19.4 Å². The summed E-state index contributed by atoms with van der Waals surface area (Å²) in [5.41, 5.74) is 2.07. The fourth-order valence-electron chi connectivity index (χ4n) is 3.67. The van der Waals surface area contributed by atoms with Gasteiger partial charge in [0.25, 0.3) is 0 Å². The van der Waals surface area contributed by atoms with Crippen molar-refractivity contribution in [3.05, 3.63) is 46.4 Å². The molecule has 2 N–H and O–H groups in total. The second-order valence-corrected chi connectivity index (χ2v) is 7.24. The molecule has 0 aliphatic carbocycles. The molecule has 2 aromatic carbocycles. The fourth-order valence-corrected chi connectivity index (χ4v) is 3.67. The molecule has 0 unspecified atom stereocenters. The number of methoxy groups -OCH3 is 3. The second kappa shape index (κ2) is 10.2. The van der Waals surface area contributed by atoms with Crippen molar-refractivity contribution in [1.82, 2.24) is 14.5 Å². The number of fused-ring (bicyclic) bond motifs is 1. The van der Waals surface area contributed by atoms with Crippen LogP contribution in [0.3, 0.4) is 0 Å². The van der Waals surface area contributed by atoms with Crippen LogP contribution in [-0.4, -0.2) is 61.4 Å². The maximum atomic E-state index is 13.0. The van der Waals surface area contributed by atoms with Gasteiger partial charge < -0.3 is 29.4 Å². The Morgan fingerprint density at radius 2 is 1.69 bits per heavy atom. The third-order valence-corrected chi connectivity index (χ3v) is 5.48. The first-order chi connectivity index (χ1) is 15.4. The van der Waals surface area contributed by atoms with E-state index in [0.29, 0.717) is 34.0 Å². The van der Waals surface area contributed by atoms with Crippen molar-refractivity contribution in [2.45, 2.75) is 20.3 Å². The highest BCUT2D eigenvalue weighted by molar-refractivity contribution is 5.97. The van der Waals surface area contributed by atoms with E-state index in [1.54, 1.807) is 12.1 Å². The third-order valence-electron chi connectivity index (χ3n) is 5.48. The number of nitrogens with zero attached hydrogens (tertiary/aromatic N) is 2. The third kappa shape index (κ3) is 4.72. The molecule has 172 valence electrons. The number of hydrogen-bond acceptors (Lipinski definition) is 6. The molecule has 0 radical (unpaired) electrons. The fraction of sp³-hybridized carbons (Fsp3) is 0.391. The molecule has 0 spiro atoms. The van der Waals surface area contributed by atoms with E-state index in [0.717, 1.165) is 36.2 Å². The zero-order valence-electron chi connectivity index (χ0n) is 19.2. The molecule has 0 aliphatic rings. The molecule has 0 atom stereocenters. The van der Waals surface area contributed by atoms with E-state index in [4.69, 9.17) is 14.2 Å². The van der Waals surface area contributed by atoms with Crippen molar-refractivity contribution in [1.29, 1.82) is 0 Å². The smallest absolute Gasteiger partial charge is 0.334 e. The summed E-state index contributed by atoms with van der Waals surface area (Å²) in [5.74, 6) is 1.20. The molecule has 3 aromatic rings. The summed E-state index contributed by atoms with van der Waals surface area (Å²) < 4.78 is 17.1. The number of likely N-dealkylation sites (N-methyl/N-ethyl adjacent to an activating group) is 1.